The van der Waals surface area contributed by atoms with E-state index in [0.29, 0.717) is 26.1 Å². The first-order valence-electron chi connectivity index (χ1n) is 14.6. The molecule has 0 aromatic rings. The maximum Gasteiger partial charge on any atom is 0.331 e. The zero-order chi connectivity index (χ0) is 28.7. The van der Waals surface area contributed by atoms with Crippen LogP contribution in [0.1, 0.15) is 67.2 Å². The lowest BCUT2D eigenvalue weighted by molar-refractivity contribution is -0.232. The normalized spacial score (nSPS) is 43.8. The molecule has 8 atom stereocenters. The average molecular weight is 557 g/mol. The van der Waals surface area contributed by atoms with Crippen LogP contribution >= 0.6 is 0 Å². The van der Waals surface area contributed by atoms with Crippen LogP contribution in [-0.4, -0.2) is 74.0 Å². The number of ether oxygens (including phenoxy) is 6. The molecule has 8 heteroatoms. The summed E-state index contributed by atoms with van der Waals surface area (Å²) in [7, 11) is 0. The number of cyclic esters (lactones) is 1. The van der Waals surface area contributed by atoms with E-state index in [2.05, 4.69) is 19.9 Å². The van der Waals surface area contributed by atoms with Crippen molar-refractivity contribution < 1.29 is 38.0 Å². The van der Waals surface area contributed by atoms with Crippen LogP contribution in [0.4, 0.5) is 0 Å². The maximum absolute atomic E-state index is 13.1. The molecule has 0 N–H and O–H groups in total. The fourth-order valence-corrected chi connectivity index (χ4v) is 7.35. The molecule has 8 nitrogen and oxygen atoms in total. The van der Waals surface area contributed by atoms with Crippen molar-refractivity contribution in [1.82, 2.24) is 0 Å². The van der Waals surface area contributed by atoms with Gasteiger partial charge in [-0.15, -0.1) is 0 Å². The van der Waals surface area contributed by atoms with Crippen LogP contribution in [0.2, 0.25) is 0 Å². The summed E-state index contributed by atoms with van der Waals surface area (Å²) in [6, 6.07) is 0. The van der Waals surface area contributed by atoms with Crippen molar-refractivity contribution in [3.05, 3.63) is 47.6 Å². The summed E-state index contributed by atoms with van der Waals surface area (Å²) in [6.07, 6.45) is 11.9. The van der Waals surface area contributed by atoms with Crippen LogP contribution in [0.25, 0.3) is 0 Å². The van der Waals surface area contributed by atoms with E-state index in [1.165, 1.54) is 11.6 Å². The highest BCUT2D eigenvalue weighted by molar-refractivity contribution is 5.83. The van der Waals surface area contributed by atoms with Crippen LogP contribution < -0.4 is 0 Å². The number of rotatable bonds is 3. The van der Waals surface area contributed by atoms with Gasteiger partial charge >= 0.3 is 11.9 Å². The van der Waals surface area contributed by atoms with Gasteiger partial charge in [-0.2, -0.15) is 0 Å². The average Bonchev–Trinajstić information content (AvgIpc) is 3.66. The molecule has 0 aromatic carbocycles. The second-order valence-corrected chi connectivity index (χ2v) is 12.6. The lowest BCUT2D eigenvalue weighted by Crippen LogP contribution is -2.66. The Morgan fingerprint density at radius 1 is 1.00 bits per heavy atom. The maximum atomic E-state index is 13.1. The van der Waals surface area contributed by atoms with Gasteiger partial charge in [-0.05, 0) is 53.9 Å². The van der Waals surface area contributed by atoms with Crippen LogP contribution in [-0.2, 0) is 38.0 Å². The van der Waals surface area contributed by atoms with E-state index in [0.717, 1.165) is 18.4 Å². The standard InChI is InChI=1S/C32H44O8/c1-20(2)38-23(5)24-9-7-8-10-28(33)40-25-17-27-32(19-37-32)30(25,6)31(13-11-21(3)15-26(31)39-27)18-36-29(34)16-22(4)12-14-35-24/h7-10,15-16,20,23-27H,11-14,17-19H2,1-6H3/b9-7+,10-8-,22-16+. The molecule has 8 unspecified atom stereocenters. The highest BCUT2D eigenvalue weighted by Crippen LogP contribution is 2.72. The van der Waals surface area contributed by atoms with Crippen LogP contribution in [0.15, 0.2) is 47.6 Å². The molecule has 40 heavy (non-hydrogen) atoms. The third-order valence-corrected chi connectivity index (χ3v) is 9.71. The SMILES string of the molecule is CC1=CC2OC3CC4OC(=O)/C=C\C=C\C(C(C)OC(C)C)OCC/C(C)=C/C(=O)OCC2(CC1)C4(C)C31CO1. The van der Waals surface area contributed by atoms with Crippen molar-refractivity contribution in [2.24, 2.45) is 10.8 Å². The number of hydrogen-bond donors (Lipinski definition) is 0. The van der Waals surface area contributed by atoms with Gasteiger partial charge in [-0.1, -0.05) is 42.4 Å². The molecule has 0 amide bonds. The quantitative estimate of drug-likeness (QED) is 0.279. The van der Waals surface area contributed by atoms with Gasteiger partial charge in [0.2, 0.25) is 0 Å². The summed E-state index contributed by atoms with van der Waals surface area (Å²) in [4.78, 5) is 26.2. The van der Waals surface area contributed by atoms with Gasteiger partial charge < -0.3 is 28.4 Å². The number of carbonyl (C=O) groups excluding carboxylic acids is 2. The number of esters is 2. The molecular formula is C32H44O8. The summed E-state index contributed by atoms with van der Waals surface area (Å²) in [5, 5.41) is 0. The molecule has 2 spiro atoms. The van der Waals surface area contributed by atoms with E-state index in [-0.39, 0.29) is 37.1 Å². The summed E-state index contributed by atoms with van der Waals surface area (Å²) in [5.41, 5.74) is 0.406. The molecule has 2 saturated heterocycles. The van der Waals surface area contributed by atoms with E-state index in [9.17, 15) is 9.59 Å². The number of epoxide rings is 1. The van der Waals surface area contributed by atoms with Gasteiger partial charge in [-0.3, -0.25) is 0 Å². The van der Waals surface area contributed by atoms with Gasteiger partial charge in [-0.25, -0.2) is 9.59 Å². The lowest BCUT2D eigenvalue weighted by atomic mass is 9.51. The topological polar surface area (TPSA) is 92.8 Å². The van der Waals surface area contributed by atoms with E-state index in [1.54, 1.807) is 18.2 Å². The van der Waals surface area contributed by atoms with Crippen LogP contribution in [0.5, 0.6) is 0 Å². The van der Waals surface area contributed by atoms with E-state index in [1.807, 2.05) is 33.8 Å². The minimum absolute atomic E-state index is 0.0448. The van der Waals surface area contributed by atoms with Crippen molar-refractivity contribution in [2.75, 3.05) is 19.8 Å². The zero-order valence-corrected chi connectivity index (χ0v) is 24.6. The van der Waals surface area contributed by atoms with Gasteiger partial charge in [0.1, 0.15) is 24.4 Å². The summed E-state index contributed by atoms with van der Waals surface area (Å²) in [5.74, 6) is -0.814. The third kappa shape index (κ3) is 5.13. The molecule has 5 rings (SSSR count). The Labute approximate surface area is 237 Å². The smallest absolute Gasteiger partial charge is 0.331 e. The van der Waals surface area contributed by atoms with Gasteiger partial charge in [0, 0.05) is 24.0 Å². The van der Waals surface area contributed by atoms with Crippen molar-refractivity contribution in [2.45, 2.75) is 109 Å². The Kier molecular flexibility index (Phi) is 8.18. The Balaban J connectivity index is 1.47. The molecule has 3 fully saturated rings. The highest BCUT2D eigenvalue weighted by atomic mass is 16.6. The van der Waals surface area contributed by atoms with Crippen LogP contribution in [0.3, 0.4) is 0 Å². The Morgan fingerprint density at radius 2 is 1.77 bits per heavy atom. The number of carbonyl (C=O) groups is 2. The van der Waals surface area contributed by atoms with Gasteiger partial charge in [0.15, 0.2) is 0 Å². The predicted octanol–water partition coefficient (Wildman–Crippen LogP) is 4.78. The van der Waals surface area contributed by atoms with Crippen molar-refractivity contribution >= 4 is 11.9 Å². The Bertz CT molecular complexity index is 1110. The number of allylic oxidation sites excluding steroid dienone is 3. The first kappa shape index (κ1) is 29.2. The van der Waals surface area contributed by atoms with Gasteiger partial charge in [0.05, 0.1) is 43.0 Å². The minimum Gasteiger partial charge on any atom is -0.462 e. The van der Waals surface area contributed by atoms with Gasteiger partial charge in [0.25, 0.3) is 0 Å². The van der Waals surface area contributed by atoms with E-state index < -0.39 is 34.5 Å². The molecule has 1 saturated carbocycles. The second-order valence-electron chi connectivity index (χ2n) is 12.6. The first-order chi connectivity index (χ1) is 19.0. The molecular weight excluding hydrogens is 512 g/mol. The second kappa shape index (κ2) is 11.2. The molecule has 2 bridgehead atoms. The van der Waals surface area contributed by atoms with Crippen molar-refractivity contribution in [3.8, 4) is 0 Å². The fourth-order valence-electron chi connectivity index (χ4n) is 7.35. The minimum atomic E-state index is -0.587. The van der Waals surface area contributed by atoms with Crippen molar-refractivity contribution in [1.29, 1.82) is 0 Å². The molecule has 5 aliphatic rings. The molecule has 3 aliphatic heterocycles. The molecule has 2 aliphatic carbocycles. The Morgan fingerprint density at radius 3 is 2.50 bits per heavy atom. The first-order valence-corrected chi connectivity index (χ1v) is 14.6. The molecule has 0 radical (unpaired) electrons. The van der Waals surface area contributed by atoms with Crippen LogP contribution in [0, 0.1) is 10.8 Å². The monoisotopic (exact) mass is 556 g/mol. The predicted molar refractivity (Wildman–Crippen MR) is 148 cm³/mol. The summed E-state index contributed by atoms with van der Waals surface area (Å²) < 4.78 is 37.1. The molecule has 0 aromatic heterocycles. The fraction of sp³-hybridized carbons (Fsp3) is 0.688. The largest absolute Gasteiger partial charge is 0.462 e. The Hall–Kier alpha value is -2.26. The summed E-state index contributed by atoms with van der Waals surface area (Å²) >= 11 is 0. The van der Waals surface area contributed by atoms with Crippen molar-refractivity contribution in [3.63, 3.8) is 0 Å². The van der Waals surface area contributed by atoms with E-state index >= 15 is 0 Å². The third-order valence-electron chi connectivity index (χ3n) is 9.71. The summed E-state index contributed by atoms with van der Waals surface area (Å²) in [6.45, 7) is 13.2. The number of hydrogen-bond acceptors (Lipinski definition) is 8. The zero-order valence-electron chi connectivity index (χ0n) is 24.6. The molecule has 220 valence electrons. The molecule has 3 heterocycles. The highest BCUT2D eigenvalue weighted by Gasteiger charge is 2.83. The van der Waals surface area contributed by atoms with E-state index in [4.69, 9.17) is 28.4 Å². The lowest BCUT2D eigenvalue weighted by Gasteiger charge is -2.58.